The zero-order valence-electron chi connectivity index (χ0n) is 10.4. The Morgan fingerprint density at radius 1 is 1.24 bits per heavy atom. The van der Waals surface area contributed by atoms with E-state index in [-0.39, 0.29) is 5.78 Å². The van der Waals surface area contributed by atoms with Crippen molar-refractivity contribution in [1.29, 1.82) is 5.26 Å². The number of hydrogen-bond donors (Lipinski definition) is 0. The third-order valence-corrected chi connectivity index (χ3v) is 2.50. The van der Waals surface area contributed by atoms with Gasteiger partial charge in [-0.1, -0.05) is 6.07 Å². The smallest absolute Gasteiger partial charge is 0.189 e. The van der Waals surface area contributed by atoms with Gasteiger partial charge in [-0.25, -0.2) is 0 Å². The van der Waals surface area contributed by atoms with Crippen molar-refractivity contribution in [3.05, 3.63) is 23.8 Å². The number of rotatable bonds is 4. The largest absolute Gasteiger partial charge is 0.496 e. The summed E-state index contributed by atoms with van der Waals surface area (Å²) in [5.74, 6) is 0.518. The summed E-state index contributed by atoms with van der Waals surface area (Å²) in [6.07, 6.45) is 0. The summed E-state index contributed by atoms with van der Waals surface area (Å²) in [4.78, 5) is 12.3. The molecule has 4 heteroatoms. The third kappa shape index (κ3) is 2.39. The minimum Gasteiger partial charge on any atom is -0.496 e. The molecule has 0 saturated carbocycles. The predicted octanol–water partition coefficient (Wildman–Crippen LogP) is 2.44. The molecule has 0 unspecified atom stereocenters. The summed E-state index contributed by atoms with van der Waals surface area (Å²) >= 11 is 0. The molecular weight excluding hydrogens is 218 g/mol. The molecule has 0 aliphatic carbocycles. The van der Waals surface area contributed by atoms with Crippen LogP contribution in [-0.4, -0.2) is 20.0 Å². The molecule has 4 nitrogen and oxygen atoms in total. The molecule has 0 aromatic heterocycles. The van der Waals surface area contributed by atoms with Crippen LogP contribution in [-0.2, 0) is 0 Å². The lowest BCUT2D eigenvalue weighted by molar-refractivity contribution is 0.0885. The molecule has 0 spiro atoms. The minimum absolute atomic E-state index is 0.309. The molecule has 0 fully saturated rings. The molecule has 0 aliphatic rings. The first-order valence-corrected chi connectivity index (χ1v) is 5.15. The molecule has 0 N–H and O–H groups in total. The van der Waals surface area contributed by atoms with Crippen molar-refractivity contribution in [3.8, 4) is 17.6 Å². The second-order valence-electron chi connectivity index (χ2n) is 4.10. The van der Waals surface area contributed by atoms with Crippen LogP contribution in [0.2, 0.25) is 0 Å². The van der Waals surface area contributed by atoms with Crippen LogP contribution in [0.5, 0.6) is 11.5 Å². The van der Waals surface area contributed by atoms with Crippen molar-refractivity contribution in [2.45, 2.75) is 13.8 Å². The van der Waals surface area contributed by atoms with Crippen LogP contribution in [0.3, 0.4) is 0 Å². The second-order valence-corrected chi connectivity index (χ2v) is 4.10. The number of nitriles is 1. The number of methoxy groups -OCH3 is 2. The number of hydrogen-bond acceptors (Lipinski definition) is 4. The lowest BCUT2D eigenvalue weighted by atomic mass is 9.85. The van der Waals surface area contributed by atoms with Crippen molar-refractivity contribution < 1.29 is 14.3 Å². The van der Waals surface area contributed by atoms with Gasteiger partial charge in [0.05, 0.1) is 20.3 Å². The average molecular weight is 233 g/mol. The molecular formula is C13H15NO3. The highest BCUT2D eigenvalue weighted by atomic mass is 16.5. The molecule has 0 aliphatic heterocycles. The molecule has 0 radical (unpaired) electrons. The average Bonchev–Trinajstić information content (AvgIpc) is 2.36. The topological polar surface area (TPSA) is 59.3 Å². The van der Waals surface area contributed by atoms with Crippen molar-refractivity contribution in [2.75, 3.05) is 14.2 Å². The van der Waals surface area contributed by atoms with Crippen molar-refractivity contribution in [1.82, 2.24) is 0 Å². The number of ketones is 1. The monoisotopic (exact) mass is 233 g/mol. The van der Waals surface area contributed by atoms with E-state index >= 15 is 0 Å². The molecule has 0 heterocycles. The number of carbonyl (C=O) groups excluding carboxylic acids is 1. The second kappa shape index (κ2) is 4.88. The molecule has 0 amide bonds. The van der Waals surface area contributed by atoms with E-state index in [1.165, 1.54) is 14.2 Å². The standard InChI is InChI=1S/C13H15NO3/c1-13(2,8-14)12(15)11-9(16-3)6-5-7-10(11)17-4/h5-7H,1-4H3. The zero-order valence-corrected chi connectivity index (χ0v) is 10.4. The highest BCUT2D eigenvalue weighted by molar-refractivity contribution is 6.06. The number of carbonyl (C=O) groups is 1. The van der Waals surface area contributed by atoms with Crippen molar-refractivity contribution >= 4 is 5.78 Å². The third-order valence-electron chi connectivity index (χ3n) is 2.50. The maximum atomic E-state index is 12.3. The Kier molecular flexibility index (Phi) is 3.74. The van der Waals surface area contributed by atoms with E-state index in [0.717, 1.165) is 0 Å². The Morgan fingerprint density at radius 2 is 1.71 bits per heavy atom. The van der Waals surface area contributed by atoms with E-state index < -0.39 is 5.41 Å². The fourth-order valence-electron chi connectivity index (χ4n) is 1.44. The zero-order chi connectivity index (χ0) is 13.1. The van der Waals surface area contributed by atoms with Gasteiger partial charge in [0, 0.05) is 0 Å². The number of Topliss-reactive ketones (excluding diaryl/α,β-unsaturated/α-hetero) is 1. The van der Waals surface area contributed by atoms with Crippen LogP contribution in [0.25, 0.3) is 0 Å². The van der Waals surface area contributed by atoms with E-state index in [1.807, 2.05) is 6.07 Å². The quantitative estimate of drug-likeness (QED) is 0.749. The Labute approximate surface area is 101 Å². The van der Waals surface area contributed by atoms with Crippen LogP contribution in [0, 0.1) is 16.7 Å². The SMILES string of the molecule is COc1cccc(OC)c1C(=O)C(C)(C)C#N. The Bertz CT molecular complexity index is 450. The van der Waals surface area contributed by atoms with Gasteiger partial charge in [-0.05, 0) is 26.0 Å². The summed E-state index contributed by atoms with van der Waals surface area (Å²) in [6, 6.07) is 7.05. The van der Waals surface area contributed by atoms with Crippen LogP contribution in [0.4, 0.5) is 0 Å². The summed E-state index contributed by atoms with van der Waals surface area (Å²) < 4.78 is 10.3. The Hall–Kier alpha value is -2.02. The number of benzene rings is 1. The molecule has 1 aromatic rings. The van der Waals surface area contributed by atoms with Crippen LogP contribution < -0.4 is 9.47 Å². The maximum absolute atomic E-state index is 12.3. The minimum atomic E-state index is -1.11. The fraction of sp³-hybridized carbons (Fsp3) is 0.385. The first-order valence-electron chi connectivity index (χ1n) is 5.15. The molecule has 90 valence electrons. The van der Waals surface area contributed by atoms with Crippen molar-refractivity contribution in [2.24, 2.45) is 5.41 Å². The van der Waals surface area contributed by atoms with Gasteiger partial charge in [0.2, 0.25) is 0 Å². The van der Waals surface area contributed by atoms with E-state index in [4.69, 9.17) is 14.7 Å². The van der Waals surface area contributed by atoms with Crippen LogP contribution in [0.1, 0.15) is 24.2 Å². The lowest BCUT2D eigenvalue weighted by Crippen LogP contribution is -2.23. The summed E-state index contributed by atoms with van der Waals surface area (Å²) in [5, 5.41) is 9.00. The highest BCUT2D eigenvalue weighted by Crippen LogP contribution is 2.34. The Balaban J connectivity index is 3.39. The number of ether oxygens (including phenoxy) is 2. The summed E-state index contributed by atoms with van der Waals surface area (Å²) in [5.41, 5.74) is -0.800. The molecule has 1 aromatic carbocycles. The summed E-state index contributed by atoms with van der Waals surface area (Å²) in [6.45, 7) is 3.14. The molecule has 1 rings (SSSR count). The highest BCUT2D eigenvalue weighted by Gasteiger charge is 2.32. The number of nitrogens with zero attached hydrogens (tertiary/aromatic N) is 1. The van der Waals surface area contributed by atoms with E-state index in [1.54, 1.807) is 32.0 Å². The fourth-order valence-corrected chi connectivity index (χ4v) is 1.44. The van der Waals surface area contributed by atoms with Crippen LogP contribution in [0.15, 0.2) is 18.2 Å². The van der Waals surface area contributed by atoms with Crippen molar-refractivity contribution in [3.63, 3.8) is 0 Å². The first kappa shape index (κ1) is 13.0. The normalized spacial score (nSPS) is 10.5. The predicted molar refractivity (Wildman–Crippen MR) is 63.3 cm³/mol. The molecule has 0 bridgehead atoms. The molecule has 0 atom stereocenters. The molecule has 0 saturated heterocycles. The maximum Gasteiger partial charge on any atom is 0.189 e. The van der Waals surface area contributed by atoms with Gasteiger partial charge in [0.25, 0.3) is 0 Å². The van der Waals surface area contributed by atoms with E-state index in [2.05, 4.69) is 0 Å². The molecule has 17 heavy (non-hydrogen) atoms. The van der Waals surface area contributed by atoms with Gasteiger partial charge in [0.15, 0.2) is 5.78 Å². The van der Waals surface area contributed by atoms with Gasteiger partial charge in [-0.2, -0.15) is 5.26 Å². The van der Waals surface area contributed by atoms with Gasteiger partial charge in [-0.15, -0.1) is 0 Å². The van der Waals surface area contributed by atoms with Gasteiger partial charge >= 0.3 is 0 Å². The first-order chi connectivity index (χ1) is 7.97. The van der Waals surface area contributed by atoms with Gasteiger partial charge in [0.1, 0.15) is 22.5 Å². The van der Waals surface area contributed by atoms with Gasteiger partial charge < -0.3 is 9.47 Å². The Morgan fingerprint density at radius 3 is 2.06 bits per heavy atom. The van der Waals surface area contributed by atoms with E-state index in [9.17, 15) is 4.79 Å². The van der Waals surface area contributed by atoms with Crippen LogP contribution >= 0.6 is 0 Å². The van der Waals surface area contributed by atoms with Gasteiger partial charge in [-0.3, -0.25) is 4.79 Å². The van der Waals surface area contributed by atoms with E-state index in [0.29, 0.717) is 17.1 Å². The lowest BCUT2D eigenvalue weighted by Gasteiger charge is -2.18. The summed E-state index contributed by atoms with van der Waals surface area (Å²) in [7, 11) is 2.95.